The van der Waals surface area contributed by atoms with Crippen LogP contribution in [0, 0.1) is 37.1 Å². The smallest absolute Gasteiger partial charge is 0.0483 e. The number of hydrogen-bond donors (Lipinski definition) is 1. The summed E-state index contributed by atoms with van der Waals surface area (Å²) >= 11 is 0. The van der Waals surface area contributed by atoms with E-state index in [2.05, 4.69) is 0 Å². The molecule has 96 valence electrons. The van der Waals surface area contributed by atoms with Gasteiger partial charge in [-0.25, -0.2) is 12.1 Å². The van der Waals surface area contributed by atoms with E-state index in [0.717, 1.165) is 0 Å². The van der Waals surface area contributed by atoms with Gasteiger partial charge < -0.3 is 42.2 Å². The molecular weight excluding hydrogens is 220 g/mol. The first-order valence-corrected chi connectivity index (χ1v) is 3.08. The van der Waals surface area contributed by atoms with Crippen LogP contribution in [0.2, 0.25) is 0 Å². The summed E-state index contributed by atoms with van der Waals surface area (Å²) in [7, 11) is 0. The summed E-state index contributed by atoms with van der Waals surface area (Å²) in [4.78, 5) is 0. The predicted octanol–water partition coefficient (Wildman–Crippen LogP) is 4.04. The molecule has 0 aromatic heterocycles. The van der Waals surface area contributed by atoms with Gasteiger partial charge in [-0.3, -0.25) is 0 Å². The zero-order valence-corrected chi connectivity index (χ0v) is 13.0. The van der Waals surface area contributed by atoms with Crippen LogP contribution in [0.4, 0.5) is 0 Å². The fourth-order valence-corrected chi connectivity index (χ4v) is 0.321. The monoisotopic (exact) mass is 248 g/mol. The van der Waals surface area contributed by atoms with Crippen LogP contribution in [-0.2, 0) is 21.7 Å². The van der Waals surface area contributed by atoms with Crippen LogP contribution in [0.15, 0.2) is 30.3 Å². The molecule has 2 heteroatoms. The van der Waals surface area contributed by atoms with E-state index in [-0.39, 0.29) is 65.0 Å². The molecule has 0 aliphatic carbocycles. The largest absolute Gasteiger partial charge is 0.394 e. The first-order chi connectivity index (χ1) is 4.23. The third kappa shape index (κ3) is 80.3. The molecule has 0 saturated heterocycles. The van der Waals surface area contributed by atoms with Crippen LogP contribution in [0.25, 0.3) is 0 Å². The van der Waals surface area contributed by atoms with Crippen molar-refractivity contribution in [3.8, 4) is 0 Å². The van der Waals surface area contributed by atoms with Crippen LogP contribution in [0.1, 0.15) is 13.8 Å². The van der Waals surface area contributed by atoms with Gasteiger partial charge in [-0.2, -0.15) is 18.2 Å². The Labute approximate surface area is 114 Å². The molecule has 0 atom stereocenters. The average Bonchev–Trinajstić information content (AvgIpc) is 2.11. The van der Waals surface area contributed by atoms with Crippen molar-refractivity contribution in [1.29, 1.82) is 0 Å². The number of hydrogen-bond acceptors (Lipinski definition) is 1. The standard InChI is InChI=1S/C5H5.C3H8O.5CH3.Ti/c1-2-4-5-3-1;1-3(2)4;;;;;;/h1-5H;3-4H,1-2H3;5*1H3;/q-1;;5*-1;. The van der Waals surface area contributed by atoms with Crippen molar-refractivity contribution < 1.29 is 26.8 Å². The van der Waals surface area contributed by atoms with Crippen molar-refractivity contribution in [3.05, 3.63) is 67.5 Å². The van der Waals surface area contributed by atoms with Crippen molar-refractivity contribution in [3.63, 3.8) is 0 Å². The third-order valence-electron chi connectivity index (χ3n) is 0.556. The van der Waals surface area contributed by atoms with E-state index < -0.39 is 0 Å². The minimum atomic E-state index is -0.167. The molecule has 1 aromatic carbocycles. The molecule has 0 spiro atoms. The van der Waals surface area contributed by atoms with Crippen LogP contribution in [0.5, 0.6) is 0 Å². The second-order valence-electron chi connectivity index (χ2n) is 2.06. The van der Waals surface area contributed by atoms with Crippen LogP contribution in [-0.4, -0.2) is 11.2 Å². The quantitative estimate of drug-likeness (QED) is 0.542. The van der Waals surface area contributed by atoms with E-state index in [1.54, 1.807) is 13.8 Å². The van der Waals surface area contributed by atoms with Gasteiger partial charge in [0.15, 0.2) is 0 Å². The Morgan fingerprint density at radius 2 is 1.07 bits per heavy atom. The van der Waals surface area contributed by atoms with Crippen LogP contribution < -0.4 is 0 Å². The molecule has 1 nitrogen and oxygen atoms in total. The Morgan fingerprint density at radius 1 is 0.867 bits per heavy atom. The summed E-state index contributed by atoms with van der Waals surface area (Å²) in [5.74, 6) is 0. The number of rotatable bonds is 0. The molecule has 1 aromatic rings. The third-order valence-corrected chi connectivity index (χ3v) is 0.556. The minimum Gasteiger partial charge on any atom is -0.394 e. The summed E-state index contributed by atoms with van der Waals surface area (Å²) in [6, 6.07) is 10.0. The van der Waals surface area contributed by atoms with Crippen molar-refractivity contribution in [2.75, 3.05) is 0 Å². The molecule has 0 radical (unpaired) electrons. The average molecular weight is 248 g/mol. The van der Waals surface area contributed by atoms with Gasteiger partial charge in [-0.05, 0) is 13.8 Å². The molecule has 0 fully saturated rings. The fourth-order valence-electron chi connectivity index (χ4n) is 0.321. The summed E-state index contributed by atoms with van der Waals surface area (Å²) in [5, 5.41) is 8.06. The summed E-state index contributed by atoms with van der Waals surface area (Å²) in [5.41, 5.74) is 0. The molecule has 0 bridgehead atoms. The van der Waals surface area contributed by atoms with Gasteiger partial charge in [0.25, 0.3) is 0 Å². The maximum Gasteiger partial charge on any atom is 0.0483 e. The maximum absolute atomic E-state index is 8.06. The Morgan fingerprint density at radius 3 is 1.13 bits per heavy atom. The van der Waals surface area contributed by atoms with E-state index >= 15 is 0 Å². The molecular formula is C13H28OTi-6. The zero-order valence-electron chi connectivity index (χ0n) is 11.4. The maximum atomic E-state index is 8.06. The summed E-state index contributed by atoms with van der Waals surface area (Å²) < 4.78 is 0. The minimum absolute atomic E-state index is 0. The fraction of sp³-hybridized carbons (Fsp3) is 0.231. The number of aliphatic hydroxyl groups excluding tert-OH is 1. The summed E-state index contributed by atoms with van der Waals surface area (Å²) in [6.45, 7) is 3.44. The van der Waals surface area contributed by atoms with Gasteiger partial charge in [0, 0.05) is 27.8 Å². The van der Waals surface area contributed by atoms with Gasteiger partial charge in [0.2, 0.25) is 0 Å². The van der Waals surface area contributed by atoms with E-state index in [9.17, 15) is 0 Å². The predicted molar refractivity (Wildman–Crippen MR) is 71.5 cm³/mol. The molecule has 0 aliphatic rings. The SMILES string of the molecule is CC(C)O.[CH3-].[CH3-].[CH3-].[CH3-].[CH3-].[Ti].c1cc[cH-]c1. The van der Waals surface area contributed by atoms with Crippen molar-refractivity contribution in [2.45, 2.75) is 20.0 Å². The van der Waals surface area contributed by atoms with Crippen LogP contribution >= 0.6 is 0 Å². The Hall–Kier alpha value is 0.0243. The first kappa shape index (κ1) is 45.9. The van der Waals surface area contributed by atoms with E-state index in [1.807, 2.05) is 30.3 Å². The molecule has 1 rings (SSSR count). The van der Waals surface area contributed by atoms with E-state index in [4.69, 9.17) is 5.11 Å². The Kier molecular flexibility index (Phi) is 113. The van der Waals surface area contributed by atoms with Crippen molar-refractivity contribution in [2.24, 2.45) is 0 Å². The van der Waals surface area contributed by atoms with Gasteiger partial charge in [-0.1, -0.05) is 0 Å². The molecule has 1 N–H and O–H groups in total. The van der Waals surface area contributed by atoms with E-state index in [1.165, 1.54) is 0 Å². The molecule has 0 unspecified atom stereocenters. The molecule has 0 amide bonds. The van der Waals surface area contributed by atoms with E-state index in [0.29, 0.717) is 0 Å². The summed E-state index contributed by atoms with van der Waals surface area (Å²) in [6.07, 6.45) is -0.167. The Bertz CT molecular complexity index is 94.1. The normalized spacial score (nSPS) is 5.07. The molecule has 0 aliphatic heterocycles. The van der Waals surface area contributed by atoms with Crippen molar-refractivity contribution in [1.82, 2.24) is 0 Å². The number of aliphatic hydroxyl groups is 1. The topological polar surface area (TPSA) is 20.2 Å². The Balaban J connectivity index is -0.0000000124. The van der Waals surface area contributed by atoms with Crippen LogP contribution in [0.3, 0.4) is 0 Å². The van der Waals surface area contributed by atoms with Gasteiger partial charge in [0.05, 0.1) is 0 Å². The second kappa shape index (κ2) is 36.9. The molecule has 0 heterocycles. The van der Waals surface area contributed by atoms with Gasteiger partial charge >= 0.3 is 0 Å². The second-order valence-corrected chi connectivity index (χ2v) is 2.06. The van der Waals surface area contributed by atoms with Gasteiger partial charge in [-0.15, -0.1) is 0 Å². The molecule has 15 heavy (non-hydrogen) atoms. The van der Waals surface area contributed by atoms with Gasteiger partial charge in [0.1, 0.15) is 0 Å². The molecule has 0 saturated carbocycles. The van der Waals surface area contributed by atoms with Crippen molar-refractivity contribution >= 4 is 0 Å². The zero-order chi connectivity index (χ0) is 7.11. The first-order valence-electron chi connectivity index (χ1n) is 3.08.